The van der Waals surface area contributed by atoms with Gasteiger partial charge in [0.15, 0.2) is 0 Å². The van der Waals surface area contributed by atoms with E-state index in [4.69, 9.17) is 4.74 Å². The van der Waals surface area contributed by atoms with Crippen LogP contribution in [0.4, 0.5) is 0 Å². The Kier molecular flexibility index (Phi) is 5.67. The van der Waals surface area contributed by atoms with Crippen molar-refractivity contribution < 1.29 is 9.84 Å². The van der Waals surface area contributed by atoms with Crippen LogP contribution < -0.4 is 0 Å². The zero-order chi connectivity index (χ0) is 13.7. The van der Waals surface area contributed by atoms with Crippen LogP contribution in [0.15, 0.2) is 0 Å². The Morgan fingerprint density at radius 2 is 1.84 bits per heavy atom. The lowest BCUT2D eigenvalue weighted by Crippen LogP contribution is -2.52. The Morgan fingerprint density at radius 3 is 2.42 bits per heavy atom. The zero-order valence-electron chi connectivity index (χ0n) is 12.7. The standard InChI is InChI=1S/C16H31NO2/c1-16(2,17-11-5-3-4-6-12-17)15(18)10-9-14-8-7-13-19-14/h14-15,18H,3-13H2,1-2H3. The van der Waals surface area contributed by atoms with Gasteiger partial charge in [-0.05, 0) is 65.5 Å². The van der Waals surface area contributed by atoms with E-state index in [1.54, 1.807) is 0 Å². The van der Waals surface area contributed by atoms with Crippen molar-refractivity contribution in [2.45, 2.75) is 83.0 Å². The fourth-order valence-electron chi connectivity index (χ4n) is 3.43. The molecule has 0 aliphatic carbocycles. The van der Waals surface area contributed by atoms with E-state index in [1.807, 2.05) is 0 Å². The molecule has 2 aliphatic rings. The van der Waals surface area contributed by atoms with Gasteiger partial charge in [0.1, 0.15) is 0 Å². The van der Waals surface area contributed by atoms with Gasteiger partial charge < -0.3 is 9.84 Å². The van der Waals surface area contributed by atoms with Gasteiger partial charge in [-0.25, -0.2) is 0 Å². The third kappa shape index (κ3) is 4.17. The number of likely N-dealkylation sites (tertiary alicyclic amines) is 1. The number of hydrogen-bond acceptors (Lipinski definition) is 3. The molecular formula is C16H31NO2. The molecule has 3 heteroatoms. The van der Waals surface area contributed by atoms with Crippen molar-refractivity contribution in [1.82, 2.24) is 4.90 Å². The Hall–Kier alpha value is -0.120. The average molecular weight is 269 g/mol. The molecular weight excluding hydrogens is 238 g/mol. The molecule has 1 N–H and O–H groups in total. The summed E-state index contributed by atoms with van der Waals surface area (Å²) in [5.41, 5.74) is -0.0943. The van der Waals surface area contributed by atoms with Crippen LogP contribution in [-0.2, 0) is 4.74 Å². The number of hydrogen-bond donors (Lipinski definition) is 1. The normalized spacial score (nSPS) is 28.3. The minimum absolute atomic E-state index is 0.0943. The van der Waals surface area contributed by atoms with Crippen LogP contribution in [0.1, 0.15) is 65.2 Å². The van der Waals surface area contributed by atoms with Gasteiger partial charge in [-0.3, -0.25) is 4.90 Å². The van der Waals surface area contributed by atoms with Crippen LogP contribution in [0.2, 0.25) is 0 Å². The van der Waals surface area contributed by atoms with E-state index in [9.17, 15) is 5.11 Å². The quantitative estimate of drug-likeness (QED) is 0.833. The van der Waals surface area contributed by atoms with E-state index in [0.29, 0.717) is 6.10 Å². The van der Waals surface area contributed by atoms with Crippen molar-refractivity contribution in [2.75, 3.05) is 19.7 Å². The van der Waals surface area contributed by atoms with E-state index in [2.05, 4.69) is 18.7 Å². The van der Waals surface area contributed by atoms with Gasteiger partial charge in [0.25, 0.3) is 0 Å². The molecule has 19 heavy (non-hydrogen) atoms. The molecule has 0 aromatic rings. The molecule has 3 nitrogen and oxygen atoms in total. The van der Waals surface area contributed by atoms with Gasteiger partial charge >= 0.3 is 0 Å². The van der Waals surface area contributed by atoms with E-state index < -0.39 is 0 Å². The Morgan fingerprint density at radius 1 is 1.16 bits per heavy atom. The summed E-state index contributed by atoms with van der Waals surface area (Å²) in [6.07, 6.45) is 9.66. The summed E-state index contributed by atoms with van der Waals surface area (Å²) >= 11 is 0. The third-order valence-corrected chi connectivity index (χ3v) is 5.02. The van der Waals surface area contributed by atoms with Gasteiger partial charge in [-0.2, -0.15) is 0 Å². The summed E-state index contributed by atoms with van der Waals surface area (Å²) in [5.74, 6) is 0. The predicted molar refractivity (Wildman–Crippen MR) is 78.3 cm³/mol. The lowest BCUT2D eigenvalue weighted by Gasteiger charge is -2.42. The van der Waals surface area contributed by atoms with Crippen molar-refractivity contribution in [2.24, 2.45) is 0 Å². The maximum atomic E-state index is 10.6. The van der Waals surface area contributed by atoms with Crippen LogP contribution >= 0.6 is 0 Å². The maximum Gasteiger partial charge on any atom is 0.0719 e. The monoisotopic (exact) mass is 269 g/mol. The Balaban J connectivity index is 1.81. The van der Waals surface area contributed by atoms with Crippen molar-refractivity contribution in [3.8, 4) is 0 Å². The van der Waals surface area contributed by atoms with Gasteiger partial charge in [0, 0.05) is 12.1 Å². The summed E-state index contributed by atoms with van der Waals surface area (Å²) in [6, 6.07) is 0. The highest BCUT2D eigenvalue weighted by Gasteiger charge is 2.34. The average Bonchev–Trinajstić information content (AvgIpc) is 2.75. The highest BCUT2D eigenvalue weighted by atomic mass is 16.5. The van der Waals surface area contributed by atoms with Gasteiger partial charge in [0.2, 0.25) is 0 Å². The first-order chi connectivity index (χ1) is 9.10. The van der Waals surface area contributed by atoms with Crippen molar-refractivity contribution in [3.63, 3.8) is 0 Å². The summed E-state index contributed by atoms with van der Waals surface area (Å²) in [5, 5.41) is 10.6. The lowest BCUT2D eigenvalue weighted by molar-refractivity contribution is -0.0211. The Labute approximate surface area is 118 Å². The number of aliphatic hydroxyl groups is 1. The van der Waals surface area contributed by atoms with Crippen LogP contribution in [0.5, 0.6) is 0 Å². The summed E-state index contributed by atoms with van der Waals surface area (Å²) < 4.78 is 5.66. The number of ether oxygens (including phenoxy) is 1. The predicted octanol–water partition coefficient (Wildman–Crippen LogP) is 2.96. The van der Waals surface area contributed by atoms with Crippen molar-refractivity contribution in [3.05, 3.63) is 0 Å². The molecule has 0 radical (unpaired) electrons. The molecule has 2 heterocycles. The van der Waals surface area contributed by atoms with Gasteiger partial charge in [-0.15, -0.1) is 0 Å². The molecule has 0 aromatic carbocycles. The molecule has 2 aliphatic heterocycles. The zero-order valence-corrected chi connectivity index (χ0v) is 12.7. The van der Waals surface area contributed by atoms with E-state index in [0.717, 1.165) is 32.5 Å². The number of rotatable bonds is 5. The minimum Gasteiger partial charge on any atom is -0.391 e. The molecule has 0 bridgehead atoms. The molecule has 0 aromatic heterocycles. The number of nitrogens with zero attached hydrogens (tertiary/aromatic N) is 1. The van der Waals surface area contributed by atoms with Crippen LogP contribution in [0, 0.1) is 0 Å². The topological polar surface area (TPSA) is 32.7 Å². The molecule has 2 fully saturated rings. The van der Waals surface area contributed by atoms with Crippen LogP contribution in [-0.4, -0.2) is 47.4 Å². The first-order valence-electron chi connectivity index (χ1n) is 8.15. The van der Waals surface area contributed by atoms with Crippen molar-refractivity contribution in [1.29, 1.82) is 0 Å². The second-order valence-corrected chi connectivity index (χ2v) is 6.78. The summed E-state index contributed by atoms with van der Waals surface area (Å²) in [4.78, 5) is 2.50. The molecule has 112 valence electrons. The van der Waals surface area contributed by atoms with Crippen LogP contribution in [0.3, 0.4) is 0 Å². The van der Waals surface area contributed by atoms with E-state index in [1.165, 1.54) is 38.5 Å². The highest BCUT2D eigenvalue weighted by Crippen LogP contribution is 2.27. The molecule has 0 spiro atoms. The second-order valence-electron chi connectivity index (χ2n) is 6.78. The lowest BCUT2D eigenvalue weighted by atomic mass is 9.90. The third-order valence-electron chi connectivity index (χ3n) is 5.02. The number of aliphatic hydroxyl groups excluding tert-OH is 1. The molecule has 2 rings (SSSR count). The molecule has 2 unspecified atom stereocenters. The van der Waals surface area contributed by atoms with Crippen LogP contribution in [0.25, 0.3) is 0 Å². The Bertz CT molecular complexity index is 253. The van der Waals surface area contributed by atoms with E-state index >= 15 is 0 Å². The van der Waals surface area contributed by atoms with Gasteiger partial charge in [0.05, 0.1) is 12.2 Å². The highest BCUT2D eigenvalue weighted by molar-refractivity contribution is 4.90. The fourth-order valence-corrected chi connectivity index (χ4v) is 3.43. The first-order valence-corrected chi connectivity index (χ1v) is 8.15. The van der Waals surface area contributed by atoms with E-state index in [-0.39, 0.29) is 11.6 Å². The smallest absolute Gasteiger partial charge is 0.0719 e. The largest absolute Gasteiger partial charge is 0.391 e. The first kappa shape index (κ1) is 15.3. The second kappa shape index (κ2) is 7.05. The SMILES string of the molecule is CC(C)(C(O)CCC1CCCO1)N1CCCCCC1. The summed E-state index contributed by atoms with van der Waals surface area (Å²) in [7, 11) is 0. The molecule has 0 amide bonds. The molecule has 2 atom stereocenters. The maximum absolute atomic E-state index is 10.6. The molecule has 2 saturated heterocycles. The van der Waals surface area contributed by atoms with Gasteiger partial charge in [-0.1, -0.05) is 12.8 Å². The minimum atomic E-state index is -0.241. The molecule has 0 saturated carbocycles. The fraction of sp³-hybridized carbons (Fsp3) is 1.00. The van der Waals surface area contributed by atoms with Crippen molar-refractivity contribution >= 4 is 0 Å². The summed E-state index contributed by atoms with van der Waals surface area (Å²) in [6.45, 7) is 7.61.